The monoisotopic (exact) mass is 397 g/mol. The Morgan fingerprint density at radius 2 is 1.76 bits per heavy atom. The molecule has 0 saturated carbocycles. The summed E-state index contributed by atoms with van der Waals surface area (Å²) in [6.45, 7) is 0.551. The summed E-state index contributed by atoms with van der Waals surface area (Å²) in [7, 11) is 3.74. The molecule has 0 aliphatic carbocycles. The van der Waals surface area contributed by atoms with Crippen LogP contribution in [0.15, 0.2) is 48.5 Å². The van der Waals surface area contributed by atoms with Crippen LogP contribution in [-0.2, 0) is 16.1 Å². The molecule has 3 amide bonds. The summed E-state index contributed by atoms with van der Waals surface area (Å²) in [5, 5.41) is 2.88. The van der Waals surface area contributed by atoms with Crippen molar-refractivity contribution in [3.8, 4) is 0 Å². The Balaban J connectivity index is 1.61. The van der Waals surface area contributed by atoms with Gasteiger partial charge in [-0.1, -0.05) is 24.3 Å². The van der Waals surface area contributed by atoms with Gasteiger partial charge < -0.3 is 10.2 Å². The summed E-state index contributed by atoms with van der Waals surface area (Å²) in [6.07, 6.45) is 0.523. The van der Waals surface area contributed by atoms with Crippen LogP contribution in [0.1, 0.15) is 40.4 Å². The van der Waals surface area contributed by atoms with Crippen LogP contribution in [0.5, 0.6) is 0 Å². The van der Waals surface area contributed by atoms with Crippen molar-refractivity contribution < 1.29 is 18.8 Å². The lowest BCUT2D eigenvalue weighted by Gasteiger charge is -2.25. The number of hydrogen-bond acceptors (Lipinski definition) is 4. The Bertz CT molecular complexity index is 896. The molecule has 7 heteroatoms. The van der Waals surface area contributed by atoms with E-state index in [9.17, 15) is 18.8 Å². The normalized spacial score (nSPS) is 15.1. The molecule has 2 aromatic carbocycles. The first-order chi connectivity index (χ1) is 13.8. The van der Waals surface area contributed by atoms with Gasteiger partial charge in [-0.3, -0.25) is 19.3 Å². The molecular formula is C22H24FN3O3. The van der Waals surface area contributed by atoms with Gasteiger partial charge in [0.05, 0.1) is 12.6 Å². The summed E-state index contributed by atoms with van der Waals surface area (Å²) in [5.41, 5.74) is 2.05. The van der Waals surface area contributed by atoms with Gasteiger partial charge in [-0.25, -0.2) is 4.39 Å². The predicted molar refractivity (Wildman–Crippen MR) is 106 cm³/mol. The Morgan fingerprint density at radius 1 is 1.10 bits per heavy atom. The quantitative estimate of drug-likeness (QED) is 0.729. The van der Waals surface area contributed by atoms with Crippen LogP contribution in [0.2, 0.25) is 0 Å². The molecule has 1 unspecified atom stereocenters. The van der Waals surface area contributed by atoms with E-state index in [4.69, 9.17) is 0 Å². The van der Waals surface area contributed by atoms with Crippen molar-refractivity contribution in [1.82, 2.24) is 15.1 Å². The molecule has 2 aromatic rings. The molecule has 29 heavy (non-hydrogen) atoms. The maximum atomic E-state index is 13.5. The lowest BCUT2D eigenvalue weighted by molar-refractivity contribution is -0.139. The van der Waals surface area contributed by atoms with Gasteiger partial charge in [0, 0.05) is 24.9 Å². The number of hydrogen-bond donors (Lipinski definition) is 1. The number of nitrogens with zero attached hydrogens (tertiary/aromatic N) is 2. The van der Waals surface area contributed by atoms with Crippen molar-refractivity contribution in [3.05, 3.63) is 71.0 Å². The van der Waals surface area contributed by atoms with E-state index >= 15 is 0 Å². The standard InChI is InChI=1S/C22H24FN3O3/c1-25(2)19(17-4-3-5-18(23)12-17)13-24-22(29)16-8-6-15(7-9-16)14-26-20(27)10-11-21(26)28/h3-9,12,19H,10-11,13-14H2,1-2H3,(H,24,29). The highest BCUT2D eigenvalue weighted by Gasteiger charge is 2.28. The number of benzene rings is 2. The van der Waals surface area contributed by atoms with E-state index in [1.165, 1.54) is 17.0 Å². The molecule has 1 N–H and O–H groups in total. The second kappa shape index (κ2) is 8.96. The number of likely N-dealkylation sites (N-methyl/N-ethyl adjacent to an activating group) is 1. The fraction of sp³-hybridized carbons (Fsp3) is 0.318. The van der Waals surface area contributed by atoms with Crippen molar-refractivity contribution in [2.75, 3.05) is 20.6 Å². The summed E-state index contributed by atoms with van der Waals surface area (Å²) in [6, 6.07) is 13.0. The van der Waals surface area contributed by atoms with Crippen molar-refractivity contribution >= 4 is 17.7 Å². The van der Waals surface area contributed by atoms with E-state index in [1.54, 1.807) is 30.3 Å². The number of likely N-dealkylation sites (tertiary alicyclic amines) is 1. The number of amides is 3. The molecule has 1 heterocycles. The minimum Gasteiger partial charge on any atom is -0.350 e. The van der Waals surface area contributed by atoms with Gasteiger partial charge in [-0.05, 0) is 49.5 Å². The molecule has 3 rings (SSSR count). The highest BCUT2D eigenvalue weighted by atomic mass is 19.1. The molecule has 1 aliphatic heterocycles. The number of rotatable bonds is 7. The smallest absolute Gasteiger partial charge is 0.251 e. The molecule has 1 saturated heterocycles. The molecule has 6 nitrogen and oxygen atoms in total. The van der Waals surface area contributed by atoms with Gasteiger partial charge in [0.1, 0.15) is 5.82 Å². The Morgan fingerprint density at radius 3 is 2.34 bits per heavy atom. The molecule has 152 valence electrons. The summed E-state index contributed by atoms with van der Waals surface area (Å²) >= 11 is 0. The third kappa shape index (κ3) is 5.06. The number of halogens is 1. The summed E-state index contributed by atoms with van der Waals surface area (Å²) in [5.74, 6) is -0.882. The van der Waals surface area contributed by atoms with Crippen LogP contribution in [0.4, 0.5) is 4.39 Å². The van der Waals surface area contributed by atoms with Crippen LogP contribution in [0.25, 0.3) is 0 Å². The van der Waals surface area contributed by atoms with E-state index in [-0.39, 0.29) is 49.0 Å². The largest absolute Gasteiger partial charge is 0.350 e. The van der Waals surface area contributed by atoms with Crippen LogP contribution >= 0.6 is 0 Å². The van der Waals surface area contributed by atoms with Crippen LogP contribution in [0, 0.1) is 5.82 Å². The highest BCUT2D eigenvalue weighted by Crippen LogP contribution is 2.19. The maximum Gasteiger partial charge on any atom is 0.251 e. The Hall–Kier alpha value is -3.06. The van der Waals surface area contributed by atoms with Gasteiger partial charge in [0.2, 0.25) is 11.8 Å². The molecular weight excluding hydrogens is 373 g/mol. The number of nitrogens with one attached hydrogen (secondary N) is 1. The van der Waals surface area contributed by atoms with Crippen LogP contribution < -0.4 is 5.32 Å². The first-order valence-corrected chi connectivity index (χ1v) is 9.47. The summed E-state index contributed by atoms with van der Waals surface area (Å²) in [4.78, 5) is 39.1. The second-order valence-corrected chi connectivity index (χ2v) is 7.31. The molecule has 0 bridgehead atoms. The van der Waals surface area contributed by atoms with Crippen molar-refractivity contribution in [2.45, 2.75) is 25.4 Å². The lowest BCUT2D eigenvalue weighted by atomic mass is 10.1. The third-order valence-corrected chi connectivity index (χ3v) is 5.02. The number of carbonyl (C=O) groups excluding carboxylic acids is 3. The minimum absolute atomic E-state index is 0.163. The van der Waals surface area contributed by atoms with Crippen molar-refractivity contribution in [1.29, 1.82) is 0 Å². The van der Waals surface area contributed by atoms with Gasteiger partial charge in [0.15, 0.2) is 0 Å². The fourth-order valence-electron chi connectivity index (χ4n) is 3.35. The van der Waals surface area contributed by atoms with Crippen LogP contribution in [-0.4, -0.2) is 48.2 Å². The minimum atomic E-state index is -0.314. The highest BCUT2D eigenvalue weighted by molar-refractivity contribution is 6.01. The fourth-order valence-corrected chi connectivity index (χ4v) is 3.35. The zero-order chi connectivity index (χ0) is 21.0. The van der Waals surface area contributed by atoms with E-state index < -0.39 is 0 Å². The van der Waals surface area contributed by atoms with Crippen molar-refractivity contribution in [3.63, 3.8) is 0 Å². The molecule has 1 atom stereocenters. The maximum absolute atomic E-state index is 13.5. The molecule has 1 fully saturated rings. The zero-order valence-electron chi connectivity index (χ0n) is 16.5. The second-order valence-electron chi connectivity index (χ2n) is 7.31. The van der Waals surface area contributed by atoms with Crippen molar-refractivity contribution in [2.24, 2.45) is 0 Å². The summed E-state index contributed by atoms with van der Waals surface area (Å²) < 4.78 is 13.5. The Kier molecular flexibility index (Phi) is 6.39. The van der Waals surface area contributed by atoms with E-state index in [1.807, 2.05) is 25.1 Å². The number of imide groups is 1. The zero-order valence-corrected chi connectivity index (χ0v) is 16.5. The van der Waals surface area contributed by atoms with Gasteiger partial charge in [0.25, 0.3) is 5.91 Å². The Labute approximate surface area is 169 Å². The van der Waals surface area contributed by atoms with E-state index in [0.717, 1.165) is 11.1 Å². The van der Waals surface area contributed by atoms with E-state index in [2.05, 4.69) is 5.32 Å². The lowest BCUT2D eigenvalue weighted by Crippen LogP contribution is -2.34. The first-order valence-electron chi connectivity index (χ1n) is 9.47. The van der Waals surface area contributed by atoms with E-state index in [0.29, 0.717) is 12.1 Å². The topological polar surface area (TPSA) is 69.7 Å². The SMILES string of the molecule is CN(C)C(CNC(=O)c1ccc(CN2C(=O)CCC2=O)cc1)c1cccc(F)c1. The van der Waals surface area contributed by atoms with Gasteiger partial charge >= 0.3 is 0 Å². The molecule has 0 spiro atoms. The molecule has 0 radical (unpaired) electrons. The van der Waals surface area contributed by atoms with Gasteiger partial charge in [-0.2, -0.15) is 0 Å². The average Bonchev–Trinajstić information content (AvgIpc) is 3.00. The molecule has 0 aromatic heterocycles. The van der Waals surface area contributed by atoms with Crippen LogP contribution in [0.3, 0.4) is 0 Å². The third-order valence-electron chi connectivity index (χ3n) is 5.02. The number of carbonyl (C=O) groups is 3. The molecule has 1 aliphatic rings. The van der Waals surface area contributed by atoms with Gasteiger partial charge in [-0.15, -0.1) is 0 Å². The average molecular weight is 397 g/mol. The predicted octanol–water partition coefficient (Wildman–Crippen LogP) is 2.51. The first kappa shape index (κ1) is 20.7.